The highest BCUT2D eigenvalue weighted by Crippen LogP contribution is 2.32. The second kappa shape index (κ2) is 8.57. The van der Waals surface area contributed by atoms with E-state index in [1.807, 2.05) is 18.2 Å². The molecule has 1 aliphatic rings. The molecule has 2 aromatic carbocycles. The van der Waals surface area contributed by atoms with E-state index >= 15 is 0 Å². The molecule has 0 unspecified atom stereocenters. The fourth-order valence-corrected chi connectivity index (χ4v) is 2.50. The van der Waals surface area contributed by atoms with Crippen molar-refractivity contribution in [3.8, 4) is 23.3 Å². The smallest absolute Gasteiger partial charge is 0.416 e. The number of ether oxygens (including phenoxy) is 2. The molecule has 28 heavy (non-hydrogen) atoms. The third-order valence-electron chi connectivity index (χ3n) is 3.89. The van der Waals surface area contributed by atoms with Crippen molar-refractivity contribution in [3.05, 3.63) is 59.2 Å². The zero-order valence-electron chi connectivity index (χ0n) is 15.1. The second-order valence-corrected chi connectivity index (χ2v) is 5.85. The summed E-state index contributed by atoms with van der Waals surface area (Å²) in [7, 11) is 1.62. The molecule has 146 valence electrons. The number of guanidine groups is 1. The lowest BCUT2D eigenvalue weighted by Crippen LogP contribution is -2.36. The first-order chi connectivity index (χ1) is 13.5. The molecule has 0 aliphatic carbocycles. The van der Waals surface area contributed by atoms with E-state index in [2.05, 4.69) is 27.5 Å². The predicted octanol–water partition coefficient (Wildman–Crippen LogP) is 3.15. The Hall–Kier alpha value is -3.34. The van der Waals surface area contributed by atoms with Crippen LogP contribution in [-0.2, 0) is 12.7 Å². The van der Waals surface area contributed by atoms with Crippen LogP contribution < -0.4 is 20.1 Å². The van der Waals surface area contributed by atoms with E-state index in [0.717, 1.165) is 23.4 Å². The molecule has 2 N–H and O–H groups in total. The van der Waals surface area contributed by atoms with Gasteiger partial charge >= 0.3 is 6.18 Å². The van der Waals surface area contributed by atoms with Gasteiger partial charge in [-0.25, -0.2) is 0 Å². The summed E-state index contributed by atoms with van der Waals surface area (Å²) in [5, 5.41) is 6.12. The van der Waals surface area contributed by atoms with Crippen molar-refractivity contribution in [2.45, 2.75) is 12.7 Å². The minimum absolute atomic E-state index is 0.222. The van der Waals surface area contributed by atoms with Crippen molar-refractivity contribution >= 4 is 5.96 Å². The van der Waals surface area contributed by atoms with Crippen molar-refractivity contribution in [3.63, 3.8) is 0 Å². The lowest BCUT2D eigenvalue weighted by molar-refractivity contribution is -0.137. The van der Waals surface area contributed by atoms with Crippen molar-refractivity contribution in [2.24, 2.45) is 4.99 Å². The normalized spacial score (nSPS) is 12.9. The van der Waals surface area contributed by atoms with Gasteiger partial charge in [-0.3, -0.25) is 4.99 Å². The first-order valence-corrected chi connectivity index (χ1v) is 8.45. The summed E-state index contributed by atoms with van der Waals surface area (Å²) in [6, 6.07) is 10.6. The minimum atomic E-state index is -4.38. The van der Waals surface area contributed by atoms with Crippen molar-refractivity contribution < 1.29 is 22.6 Å². The van der Waals surface area contributed by atoms with Gasteiger partial charge in [0.2, 0.25) is 6.79 Å². The SMILES string of the molecule is CN=C(NCC#Cc1cccc(C(F)(F)F)c1)NCc1ccc2c(c1)OCO2. The van der Waals surface area contributed by atoms with Gasteiger partial charge in [0, 0.05) is 19.2 Å². The molecule has 3 rings (SSSR count). The number of nitrogens with zero attached hydrogens (tertiary/aromatic N) is 1. The molecule has 0 atom stereocenters. The molecule has 1 heterocycles. The molecule has 0 bridgehead atoms. The summed E-state index contributed by atoms with van der Waals surface area (Å²) in [6.45, 7) is 0.967. The Morgan fingerprint density at radius 3 is 2.71 bits per heavy atom. The number of alkyl halides is 3. The van der Waals surface area contributed by atoms with Crippen LogP contribution in [0, 0.1) is 11.8 Å². The number of benzene rings is 2. The Morgan fingerprint density at radius 2 is 1.93 bits per heavy atom. The number of hydrogen-bond donors (Lipinski definition) is 2. The van der Waals surface area contributed by atoms with Crippen molar-refractivity contribution in [1.82, 2.24) is 10.6 Å². The standard InChI is InChI=1S/C20H18F3N3O2/c1-24-19(26-12-15-7-8-17-18(11-15)28-13-27-17)25-9-3-5-14-4-2-6-16(10-14)20(21,22)23/h2,4,6-8,10-11H,9,12-13H2,1H3,(H2,24,25,26). The van der Waals surface area contributed by atoms with Gasteiger partial charge in [-0.15, -0.1) is 0 Å². The number of nitrogens with one attached hydrogen (secondary N) is 2. The minimum Gasteiger partial charge on any atom is -0.454 e. The highest BCUT2D eigenvalue weighted by molar-refractivity contribution is 5.79. The van der Waals surface area contributed by atoms with Gasteiger partial charge in [-0.2, -0.15) is 13.2 Å². The first-order valence-electron chi connectivity index (χ1n) is 8.45. The zero-order chi connectivity index (χ0) is 20.0. The second-order valence-electron chi connectivity index (χ2n) is 5.85. The average Bonchev–Trinajstić information content (AvgIpc) is 3.15. The number of aliphatic imine (C=N–C) groups is 1. The molecule has 5 nitrogen and oxygen atoms in total. The quantitative estimate of drug-likeness (QED) is 0.481. The highest BCUT2D eigenvalue weighted by atomic mass is 19.4. The van der Waals surface area contributed by atoms with Gasteiger partial charge in [0.1, 0.15) is 0 Å². The van der Waals surface area contributed by atoms with Gasteiger partial charge in [0.15, 0.2) is 17.5 Å². The first kappa shape index (κ1) is 19.4. The Labute approximate surface area is 160 Å². The molecule has 1 aliphatic heterocycles. The summed E-state index contributed by atoms with van der Waals surface area (Å²) in [6.07, 6.45) is -4.38. The number of rotatable bonds is 3. The molecule has 0 saturated heterocycles. The highest BCUT2D eigenvalue weighted by Gasteiger charge is 2.30. The van der Waals surface area contributed by atoms with E-state index in [4.69, 9.17) is 9.47 Å². The number of fused-ring (bicyclic) bond motifs is 1. The lowest BCUT2D eigenvalue weighted by atomic mass is 10.1. The maximum absolute atomic E-state index is 12.7. The largest absolute Gasteiger partial charge is 0.454 e. The van der Waals surface area contributed by atoms with E-state index in [9.17, 15) is 13.2 Å². The van der Waals surface area contributed by atoms with Gasteiger partial charge in [0.05, 0.1) is 12.1 Å². The number of halogens is 3. The maximum atomic E-state index is 12.7. The van der Waals surface area contributed by atoms with Crippen LogP contribution in [0.3, 0.4) is 0 Å². The monoisotopic (exact) mass is 389 g/mol. The molecule has 2 aromatic rings. The Bertz CT molecular complexity index is 930. The van der Waals surface area contributed by atoms with Crippen LogP contribution in [0.2, 0.25) is 0 Å². The Kier molecular flexibility index (Phi) is 5.94. The fourth-order valence-electron chi connectivity index (χ4n) is 2.50. The van der Waals surface area contributed by atoms with Gasteiger partial charge in [0.25, 0.3) is 0 Å². The summed E-state index contributed by atoms with van der Waals surface area (Å²) in [4.78, 5) is 4.09. The summed E-state index contributed by atoms with van der Waals surface area (Å²) in [5.41, 5.74) is 0.579. The lowest BCUT2D eigenvalue weighted by Gasteiger charge is -2.10. The van der Waals surface area contributed by atoms with Gasteiger partial charge < -0.3 is 20.1 Å². The molecular formula is C20H18F3N3O2. The van der Waals surface area contributed by atoms with Gasteiger partial charge in [-0.1, -0.05) is 24.0 Å². The number of hydrogen-bond acceptors (Lipinski definition) is 3. The van der Waals surface area contributed by atoms with Crippen LogP contribution in [0.4, 0.5) is 13.2 Å². The summed E-state index contributed by atoms with van der Waals surface area (Å²) in [5.74, 6) is 7.45. The van der Waals surface area contributed by atoms with E-state index in [1.54, 1.807) is 7.05 Å². The predicted molar refractivity (Wildman–Crippen MR) is 99.1 cm³/mol. The van der Waals surface area contributed by atoms with E-state index < -0.39 is 11.7 Å². The van der Waals surface area contributed by atoms with Crippen molar-refractivity contribution in [1.29, 1.82) is 0 Å². The third-order valence-corrected chi connectivity index (χ3v) is 3.89. The molecule has 8 heteroatoms. The third kappa shape index (κ3) is 5.10. The molecule has 0 fully saturated rings. The van der Waals surface area contributed by atoms with Crippen LogP contribution in [0.1, 0.15) is 16.7 Å². The summed E-state index contributed by atoms with van der Waals surface area (Å²) >= 11 is 0. The Morgan fingerprint density at radius 1 is 1.11 bits per heavy atom. The van der Waals surface area contributed by atoms with Crippen LogP contribution in [0.25, 0.3) is 0 Å². The Balaban J connectivity index is 1.51. The summed E-state index contributed by atoms with van der Waals surface area (Å²) < 4.78 is 48.7. The van der Waals surface area contributed by atoms with E-state index in [0.29, 0.717) is 23.8 Å². The molecule has 0 saturated carbocycles. The topological polar surface area (TPSA) is 54.9 Å². The molecule has 0 radical (unpaired) electrons. The maximum Gasteiger partial charge on any atom is 0.416 e. The molecule has 0 amide bonds. The van der Waals surface area contributed by atoms with Crippen molar-refractivity contribution in [2.75, 3.05) is 20.4 Å². The van der Waals surface area contributed by atoms with E-state index in [1.165, 1.54) is 12.1 Å². The van der Waals surface area contributed by atoms with E-state index in [-0.39, 0.29) is 13.3 Å². The molecule has 0 spiro atoms. The van der Waals surface area contributed by atoms with Gasteiger partial charge in [-0.05, 0) is 35.9 Å². The van der Waals surface area contributed by atoms with Crippen LogP contribution in [0.15, 0.2) is 47.5 Å². The molecule has 0 aromatic heterocycles. The fraction of sp³-hybridized carbons (Fsp3) is 0.250. The average molecular weight is 389 g/mol. The van der Waals surface area contributed by atoms with Crippen LogP contribution in [0.5, 0.6) is 11.5 Å². The van der Waals surface area contributed by atoms with Crippen LogP contribution in [-0.4, -0.2) is 26.3 Å². The zero-order valence-corrected chi connectivity index (χ0v) is 15.1. The van der Waals surface area contributed by atoms with Crippen LogP contribution >= 0.6 is 0 Å². The molecular weight excluding hydrogens is 371 g/mol.